The molecule has 0 spiro atoms. The fraction of sp³-hybridized carbons (Fsp3) is 0.455. The molecule has 0 aromatic heterocycles. The summed E-state index contributed by atoms with van der Waals surface area (Å²) in [4.78, 5) is 0. The van der Waals surface area contributed by atoms with Gasteiger partial charge >= 0.3 is 33.7 Å². The second-order valence-electron chi connectivity index (χ2n) is 6.81. The summed E-state index contributed by atoms with van der Waals surface area (Å²) in [6, 6.07) is 0. The zero-order valence-corrected chi connectivity index (χ0v) is 20.3. The van der Waals surface area contributed by atoms with E-state index in [1.165, 1.54) is 25.7 Å². The van der Waals surface area contributed by atoms with E-state index >= 15 is 0 Å². The van der Waals surface area contributed by atoms with Crippen molar-refractivity contribution >= 4 is 12.1 Å². The molecule has 132 valence electrons. The third-order valence-electron chi connectivity index (χ3n) is 4.90. The first-order chi connectivity index (χ1) is 10.7. The zero-order valence-electron chi connectivity index (χ0n) is 15.8. The molecule has 24 heavy (non-hydrogen) atoms. The van der Waals surface area contributed by atoms with Crippen LogP contribution < -0.4 is 0 Å². The molecular weight excluding hydrogens is 428 g/mol. The van der Waals surface area contributed by atoms with Gasteiger partial charge in [0.1, 0.15) is 0 Å². The molecule has 0 nitrogen and oxygen atoms in total. The van der Waals surface area contributed by atoms with Gasteiger partial charge in [0.15, 0.2) is 0 Å². The van der Waals surface area contributed by atoms with Crippen LogP contribution in [-0.2, 0) is 21.6 Å². The fourth-order valence-electron chi connectivity index (χ4n) is 3.93. The molecule has 2 saturated carbocycles. The summed E-state index contributed by atoms with van der Waals surface area (Å²) < 4.78 is 0. The van der Waals surface area contributed by atoms with Gasteiger partial charge in [0, 0.05) is 0 Å². The summed E-state index contributed by atoms with van der Waals surface area (Å²) in [6.07, 6.45) is 23.5. The Kier molecular flexibility index (Phi) is 12.5. The molecule has 0 aromatic rings. The third kappa shape index (κ3) is 6.79. The molecule has 0 N–H and O–H groups in total. The van der Waals surface area contributed by atoms with Crippen LogP contribution in [-0.4, -0.2) is 12.1 Å². The Labute approximate surface area is 171 Å². The molecule has 0 aromatic carbocycles. The van der Waals surface area contributed by atoms with Crippen LogP contribution in [0.4, 0.5) is 0 Å². The average Bonchev–Trinajstić information content (AvgIpc) is 3.10. The van der Waals surface area contributed by atoms with Crippen LogP contribution in [0.25, 0.3) is 0 Å². The van der Waals surface area contributed by atoms with Crippen LogP contribution in [0.2, 0.25) is 0 Å². The van der Waals surface area contributed by atoms with Crippen LogP contribution in [0, 0.1) is 51.4 Å². The van der Waals surface area contributed by atoms with E-state index in [1.54, 1.807) is 32.7 Å². The Balaban J connectivity index is 0.000000372. The van der Waals surface area contributed by atoms with Gasteiger partial charge in [0.05, 0.1) is 0 Å². The molecule has 2 radical (unpaired) electrons. The number of rotatable bonds is 0. The second kappa shape index (κ2) is 12.5. The molecule has 4 aliphatic rings. The van der Waals surface area contributed by atoms with Gasteiger partial charge in [-0.15, -0.1) is 24.3 Å². The summed E-state index contributed by atoms with van der Waals surface area (Å²) in [7, 11) is 0. The van der Waals surface area contributed by atoms with Crippen molar-refractivity contribution in [2.45, 2.75) is 39.5 Å². The van der Waals surface area contributed by atoms with Crippen molar-refractivity contribution in [3.8, 4) is 0 Å². The number of hydrogen-bond acceptors (Lipinski definition) is 0. The average molecular weight is 460 g/mol. The van der Waals surface area contributed by atoms with Crippen LogP contribution in [0.5, 0.6) is 0 Å². The van der Waals surface area contributed by atoms with Crippen molar-refractivity contribution < 1.29 is 21.6 Å². The van der Waals surface area contributed by atoms with E-state index in [1.807, 2.05) is 0 Å². The molecule has 4 aliphatic carbocycles. The Morgan fingerprint density at radius 3 is 1.54 bits per heavy atom. The van der Waals surface area contributed by atoms with Crippen molar-refractivity contribution in [3.05, 3.63) is 75.3 Å². The predicted molar refractivity (Wildman–Crippen MR) is 105 cm³/mol. The maximum absolute atomic E-state index is 2.41. The summed E-state index contributed by atoms with van der Waals surface area (Å²) in [5.41, 5.74) is 3.16. The summed E-state index contributed by atoms with van der Waals surface area (Å²) in [5, 5.41) is 0. The number of fused-ring (bicyclic) bond motifs is 2. The maximum atomic E-state index is 2.41. The van der Waals surface area contributed by atoms with Gasteiger partial charge in [0.25, 0.3) is 0 Å². The van der Waals surface area contributed by atoms with Crippen molar-refractivity contribution in [2.75, 3.05) is 0 Å². The van der Waals surface area contributed by atoms with E-state index in [2.05, 4.69) is 75.3 Å². The van der Waals surface area contributed by atoms with Crippen LogP contribution in [0.15, 0.2) is 47.6 Å². The van der Waals surface area contributed by atoms with E-state index in [4.69, 9.17) is 0 Å². The summed E-state index contributed by atoms with van der Waals surface area (Å²) >= 11 is 3.64. The number of hydrogen-bond donors (Lipinski definition) is 0. The van der Waals surface area contributed by atoms with E-state index in [0.29, 0.717) is 0 Å². The van der Waals surface area contributed by atoms with Gasteiger partial charge in [0.2, 0.25) is 0 Å². The minimum absolute atomic E-state index is 0. The fourth-order valence-corrected chi connectivity index (χ4v) is 3.93. The minimum atomic E-state index is 0. The molecule has 4 atom stereocenters. The SMILES string of the molecule is CC1[CH-]C2=CC=CCC2C1.CC1[CH-]C2=CC=CCC2C1.[CH3-].[CH3-].[Ge]=[Zr]. The van der Waals surface area contributed by atoms with E-state index in [0.717, 1.165) is 23.7 Å². The topological polar surface area (TPSA) is 0 Å². The first-order valence-electron chi connectivity index (χ1n) is 8.40. The Bertz CT molecular complexity index is 442. The number of allylic oxidation sites excluding steroid dienone is 8. The monoisotopic (exact) mass is 460 g/mol. The van der Waals surface area contributed by atoms with Crippen LogP contribution in [0.3, 0.4) is 0 Å². The third-order valence-corrected chi connectivity index (χ3v) is 4.90. The van der Waals surface area contributed by atoms with Gasteiger partial charge in [-0.1, -0.05) is 38.5 Å². The van der Waals surface area contributed by atoms with Crippen LogP contribution in [0.1, 0.15) is 39.5 Å². The molecule has 0 aliphatic heterocycles. The summed E-state index contributed by atoms with van der Waals surface area (Å²) in [5.74, 6) is 3.35. The van der Waals surface area contributed by atoms with Crippen molar-refractivity contribution in [2.24, 2.45) is 23.7 Å². The Morgan fingerprint density at radius 1 is 0.833 bits per heavy atom. The van der Waals surface area contributed by atoms with Crippen molar-refractivity contribution in [3.63, 3.8) is 0 Å². The van der Waals surface area contributed by atoms with E-state index < -0.39 is 0 Å². The van der Waals surface area contributed by atoms with Crippen LogP contribution >= 0.6 is 0 Å². The van der Waals surface area contributed by atoms with Gasteiger partial charge in [-0.2, -0.15) is 0 Å². The molecule has 0 saturated heterocycles. The van der Waals surface area contributed by atoms with Gasteiger partial charge in [-0.25, -0.2) is 36.1 Å². The Morgan fingerprint density at radius 2 is 1.21 bits per heavy atom. The zero-order chi connectivity index (χ0) is 15.9. The second-order valence-corrected chi connectivity index (χ2v) is 6.81. The molecule has 0 heterocycles. The first-order valence-corrected chi connectivity index (χ1v) is 15.8. The standard InChI is InChI=1S/2C10H13.2CH3.Ge.Zr/c2*1-8-6-9-4-2-3-5-10(9)7-8;;;;/h2*2-4,6,8,10H,5,7H2,1H3;2*1H3;;/q4*-1;;. The van der Waals surface area contributed by atoms with Crippen molar-refractivity contribution in [1.29, 1.82) is 0 Å². The molecular formula is C22H32GeZr-4. The van der Waals surface area contributed by atoms with Gasteiger partial charge < -0.3 is 14.9 Å². The summed E-state index contributed by atoms with van der Waals surface area (Å²) in [6.45, 7) is 4.61. The predicted octanol–water partition coefficient (Wildman–Crippen LogP) is 5.98. The molecule has 0 amide bonds. The van der Waals surface area contributed by atoms with Gasteiger partial charge in [-0.3, -0.25) is 0 Å². The molecule has 2 heteroatoms. The molecule has 4 unspecified atom stereocenters. The molecule has 2 fully saturated rings. The van der Waals surface area contributed by atoms with E-state index in [9.17, 15) is 0 Å². The first kappa shape index (κ1) is 24.1. The molecule has 0 bridgehead atoms. The molecule has 4 rings (SSSR count). The quantitative estimate of drug-likeness (QED) is 0.308. The van der Waals surface area contributed by atoms with E-state index in [-0.39, 0.29) is 14.9 Å². The normalized spacial score (nSPS) is 30.7. The van der Waals surface area contributed by atoms with Crippen molar-refractivity contribution in [1.82, 2.24) is 0 Å². The van der Waals surface area contributed by atoms with Gasteiger partial charge in [-0.05, 0) is 24.7 Å². The Hall–Kier alpha value is 0.126.